The molecule has 8 rings (SSSR count). The first-order valence-electron chi connectivity index (χ1n) is 23.0. The van der Waals surface area contributed by atoms with Crippen molar-refractivity contribution in [2.24, 2.45) is 11.5 Å². The third-order valence-electron chi connectivity index (χ3n) is 12.5. The number of carbonyl (C=O) groups excluding carboxylic acids is 7. The molecule has 4 saturated heterocycles. The van der Waals surface area contributed by atoms with Gasteiger partial charge in [-0.3, -0.25) is 38.7 Å². The second-order valence-corrected chi connectivity index (χ2v) is 20.6. The summed E-state index contributed by atoms with van der Waals surface area (Å²) in [6.07, 6.45) is 5.14. The summed E-state index contributed by atoms with van der Waals surface area (Å²) in [5.74, 6) is -3.82. The highest BCUT2D eigenvalue weighted by Crippen LogP contribution is 2.36. The number of aliphatic hydroxyl groups is 1. The number of cyclic esters (lactones) is 2. The zero-order valence-electron chi connectivity index (χ0n) is 41.3. The maximum Gasteiger partial charge on any atom is 0.347 e. The second kappa shape index (κ2) is 27.7. The number of esters is 3. The summed E-state index contributed by atoms with van der Waals surface area (Å²) in [7, 11) is 0. The predicted octanol–water partition coefficient (Wildman–Crippen LogP) is 4.36. The molecule has 4 fully saturated rings. The topological polar surface area (TPSA) is 315 Å². The molecule has 4 aliphatic heterocycles. The van der Waals surface area contributed by atoms with E-state index < -0.39 is 70.8 Å². The minimum atomic E-state index is -1.12. The number of primary amides is 2. The molecule has 4 aromatic rings. The van der Waals surface area contributed by atoms with E-state index in [0.717, 1.165) is 45.1 Å². The number of aliphatic hydroxyl groups excluding tert-OH is 1. The van der Waals surface area contributed by atoms with Gasteiger partial charge in [0.1, 0.15) is 32.9 Å². The Labute approximate surface area is 458 Å². The fourth-order valence-electron chi connectivity index (χ4n) is 8.16. The molecule has 4 amide bonds. The monoisotopic (exact) mass is 1120 g/mol. The van der Waals surface area contributed by atoms with Crippen LogP contribution in [0.15, 0.2) is 36.7 Å². The molecular weight excluding hydrogens is 1050 g/mol. The minimum Gasteiger partial charge on any atom is -0.481 e. The average Bonchev–Trinajstić information content (AvgIpc) is 4.20. The van der Waals surface area contributed by atoms with Crippen molar-refractivity contribution in [3.63, 3.8) is 0 Å². The molecule has 0 aromatic carbocycles. The van der Waals surface area contributed by atoms with Gasteiger partial charge in [0.2, 0.25) is 29.7 Å². The summed E-state index contributed by atoms with van der Waals surface area (Å²) in [5.41, 5.74) is 12.7. The van der Waals surface area contributed by atoms with Crippen LogP contribution < -0.4 is 11.5 Å². The highest BCUT2D eigenvalue weighted by Gasteiger charge is 2.40. The largest absolute Gasteiger partial charge is 0.481 e. The Hall–Kier alpha value is -6.02. The van der Waals surface area contributed by atoms with E-state index in [-0.39, 0.29) is 73.1 Å². The Bertz CT molecular complexity index is 2710. The van der Waals surface area contributed by atoms with Crippen LogP contribution in [0.3, 0.4) is 0 Å². The van der Waals surface area contributed by atoms with Gasteiger partial charge in [-0.1, -0.05) is 14.9 Å². The van der Waals surface area contributed by atoms with Crippen LogP contribution in [0, 0.1) is 13.8 Å². The van der Waals surface area contributed by atoms with Crippen LogP contribution in [0.5, 0.6) is 0 Å². The molecule has 0 saturated carbocycles. The number of carbonyl (C=O) groups is 8. The maximum absolute atomic E-state index is 12.9. The maximum atomic E-state index is 12.9. The van der Waals surface area contributed by atoms with E-state index in [4.69, 9.17) is 26.0 Å². The molecule has 2 unspecified atom stereocenters. The molecule has 0 spiro atoms. The minimum absolute atomic E-state index is 0. The molecular formula is C50H70N8O13S4. The Balaban J connectivity index is 0.000000437. The molecule has 4 aromatic heterocycles. The first-order valence-corrected chi connectivity index (χ1v) is 24.6. The lowest BCUT2D eigenvalue weighted by atomic mass is 9.88. The number of thiazole rings is 2. The highest BCUT2D eigenvalue weighted by molar-refractivity contribution is 7.59. The van der Waals surface area contributed by atoms with Crippen molar-refractivity contribution in [3.05, 3.63) is 69.5 Å². The summed E-state index contributed by atoms with van der Waals surface area (Å²) >= 11 is 2.77. The molecule has 412 valence electrons. The number of hydrogen-bond acceptors (Lipinski definition) is 18. The number of amides is 4. The Morgan fingerprint density at radius 3 is 1.49 bits per heavy atom. The molecule has 6 N–H and O–H groups in total. The molecule has 25 heteroatoms. The number of carboxylic acids is 1. The molecule has 8 heterocycles. The number of aryl methyl sites for hydroxylation is 2. The molecule has 0 bridgehead atoms. The van der Waals surface area contributed by atoms with Gasteiger partial charge in [-0.2, -0.15) is 27.0 Å². The number of nitrogens with zero attached hydrogens (tertiary/aromatic N) is 6. The third-order valence-corrected chi connectivity index (χ3v) is 14.9. The number of nitrogens with two attached hydrogens (primary N) is 2. The molecule has 4 aliphatic rings. The molecule has 0 aliphatic carbocycles. The van der Waals surface area contributed by atoms with Gasteiger partial charge in [0.25, 0.3) is 0 Å². The van der Waals surface area contributed by atoms with Crippen LogP contribution in [-0.2, 0) is 76.2 Å². The van der Waals surface area contributed by atoms with Crippen molar-refractivity contribution in [1.29, 1.82) is 0 Å². The number of hydrogen-bond donors (Lipinski definition) is 4. The van der Waals surface area contributed by atoms with E-state index in [1.807, 2.05) is 19.9 Å². The fraction of sp³-hybridized carbons (Fsp3) is 0.520. The third kappa shape index (κ3) is 15.5. The number of aliphatic carboxylic acids is 1. The van der Waals surface area contributed by atoms with Gasteiger partial charge in [-0.15, -0.1) is 22.7 Å². The number of ether oxygens (including phenoxy) is 3. The van der Waals surface area contributed by atoms with Crippen molar-refractivity contribution in [2.75, 3.05) is 26.3 Å². The van der Waals surface area contributed by atoms with Crippen molar-refractivity contribution in [3.8, 4) is 20.9 Å². The summed E-state index contributed by atoms with van der Waals surface area (Å²) in [6.45, 7) is 12.0. The van der Waals surface area contributed by atoms with Crippen molar-refractivity contribution in [1.82, 2.24) is 29.7 Å². The quantitative estimate of drug-likeness (QED) is 0.107. The van der Waals surface area contributed by atoms with Gasteiger partial charge < -0.3 is 45.7 Å². The lowest BCUT2D eigenvalue weighted by Gasteiger charge is -2.23. The van der Waals surface area contributed by atoms with E-state index in [2.05, 4.69) is 24.7 Å². The molecule has 0 radical (unpaired) electrons. The standard InChI is InChI=1S/C24H28N4O6S.C20H24N4O4S.C4H6O3.2CH4.2H2S/c1-13-20(35-18(27-13)12-19(29)28-9-4-5-15(28)21(25)30)14-6-8-26-17(11-14)24(2,3)23(32)34-16-7-10-33-22(16)31;1-11-17(12-6-7-22-14(9-12)20(2,3)19(27)28)29-15(23-11)10-16(25)24-8-4-5-13(24)18(21)26;5-3-1-2-7-4(3)6;;;;/h6,8,11,15-16H,4-5,7,9-10,12H2,1-3H3,(H2,25,30);6-7,9,13H,4-5,8,10H2,1-3H3,(H2,21,26)(H,27,28);3,5H,1-2H2;2*1H4;2*1H2/t15-,16?;13-;;;;;/m00...../s1. The number of aromatic nitrogens is 4. The zero-order valence-corrected chi connectivity index (χ0v) is 44.9. The average molecular weight is 1120 g/mol. The fourth-order valence-corrected chi connectivity index (χ4v) is 10.3. The molecule has 21 nitrogen and oxygen atoms in total. The summed E-state index contributed by atoms with van der Waals surface area (Å²) < 4.78 is 14.6. The van der Waals surface area contributed by atoms with Gasteiger partial charge in [0.05, 0.1) is 58.6 Å². The van der Waals surface area contributed by atoms with Gasteiger partial charge in [0, 0.05) is 38.3 Å². The number of carboxylic acid groups (broad SMARTS) is 1. The normalized spacial score (nSPS) is 18.7. The summed E-state index contributed by atoms with van der Waals surface area (Å²) in [4.78, 5) is 117. The van der Waals surface area contributed by atoms with E-state index in [1.54, 1.807) is 63.2 Å². The number of likely N-dealkylation sites (tertiary alicyclic amines) is 2. The molecule has 75 heavy (non-hydrogen) atoms. The van der Waals surface area contributed by atoms with Crippen LogP contribution in [0.1, 0.15) is 114 Å². The highest BCUT2D eigenvalue weighted by atomic mass is 32.1. The van der Waals surface area contributed by atoms with Crippen molar-refractivity contribution >= 4 is 97.2 Å². The smallest absolute Gasteiger partial charge is 0.347 e. The summed E-state index contributed by atoms with van der Waals surface area (Å²) in [5, 5.41) is 19.3. The van der Waals surface area contributed by atoms with Gasteiger partial charge in [-0.05, 0) is 103 Å². The first kappa shape index (κ1) is 65.1. The lowest BCUT2D eigenvalue weighted by Crippen LogP contribution is -2.44. The zero-order chi connectivity index (χ0) is 51.9. The van der Waals surface area contributed by atoms with Crippen LogP contribution in [0.4, 0.5) is 0 Å². The van der Waals surface area contributed by atoms with Gasteiger partial charge in [0.15, 0.2) is 6.10 Å². The Morgan fingerprint density at radius 2 is 1.13 bits per heavy atom. The number of pyridine rings is 2. The summed E-state index contributed by atoms with van der Waals surface area (Å²) in [6, 6.07) is 6.07. The van der Waals surface area contributed by atoms with Crippen LogP contribution in [0.2, 0.25) is 0 Å². The van der Waals surface area contributed by atoms with E-state index >= 15 is 0 Å². The Kier molecular flexibility index (Phi) is 24.0. The predicted molar refractivity (Wildman–Crippen MR) is 290 cm³/mol. The second-order valence-electron chi connectivity index (χ2n) is 18.4. The van der Waals surface area contributed by atoms with E-state index in [0.29, 0.717) is 66.8 Å². The lowest BCUT2D eigenvalue weighted by molar-refractivity contribution is -0.164. The van der Waals surface area contributed by atoms with Gasteiger partial charge >= 0.3 is 23.9 Å². The SMILES string of the molecule is C.C.Cc1nc(CC(=O)N2CCC[C@H]2C(N)=O)sc1-c1ccnc(C(C)(C)C(=O)O)c1.Cc1nc(CC(=O)N2CCC[C@H]2C(N)=O)sc1-c1ccnc(C(C)(C)C(=O)OC2CCOC2=O)c1.O=C1OCCC1O.S.S. The van der Waals surface area contributed by atoms with Crippen LogP contribution in [0.25, 0.3) is 20.9 Å². The van der Waals surface area contributed by atoms with Crippen LogP contribution in [-0.4, -0.2) is 138 Å². The van der Waals surface area contributed by atoms with Crippen LogP contribution >= 0.6 is 49.7 Å². The Morgan fingerprint density at radius 1 is 0.707 bits per heavy atom. The van der Waals surface area contributed by atoms with E-state index in [1.165, 1.54) is 27.6 Å². The van der Waals surface area contributed by atoms with Crippen molar-refractivity contribution < 1.29 is 62.8 Å². The van der Waals surface area contributed by atoms with Crippen molar-refractivity contribution in [2.45, 2.75) is 143 Å². The van der Waals surface area contributed by atoms with E-state index in [9.17, 15) is 43.5 Å². The van der Waals surface area contributed by atoms with Gasteiger partial charge in [-0.25, -0.2) is 19.6 Å². The molecule has 4 atom stereocenters. The first-order chi connectivity index (χ1) is 33.5. The number of rotatable bonds is 13.